The largest absolute Gasteiger partial charge is 0.469 e. The minimum atomic E-state index is -0.526. The Bertz CT molecular complexity index is 346. The van der Waals surface area contributed by atoms with Crippen molar-refractivity contribution in [1.29, 1.82) is 0 Å². The van der Waals surface area contributed by atoms with E-state index in [4.69, 9.17) is 9.47 Å². The predicted molar refractivity (Wildman–Crippen MR) is 71.7 cm³/mol. The molecule has 110 valence electrons. The van der Waals surface area contributed by atoms with Gasteiger partial charge in [0.2, 0.25) is 0 Å². The maximum atomic E-state index is 12.2. The lowest BCUT2D eigenvalue weighted by Crippen LogP contribution is -2.45. The number of amides is 1. The summed E-state index contributed by atoms with van der Waals surface area (Å²) >= 11 is 0. The third kappa shape index (κ3) is 3.85. The third-order valence-electron chi connectivity index (χ3n) is 3.27. The van der Waals surface area contributed by atoms with E-state index in [1.165, 1.54) is 7.11 Å². The molecule has 0 saturated carbocycles. The summed E-state index contributed by atoms with van der Waals surface area (Å²) < 4.78 is 10.2. The monoisotopic (exact) mass is 271 g/mol. The number of nitrogens with zero attached hydrogens (tertiary/aromatic N) is 1. The van der Waals surface area contributed by atoms with Crippen molar-refractivity contribution in [3.63, 3.8) is 0 Å². The fourth-order valence-corrected chi connectivity index (χ4v) is 2.58. The van der Waals surface area contributed by atoms with Crippen LogP contribution in [0.5, 0.6) is 0 Å². The molecule has 0 aliphatic carbocycles. The molecule has 0 spiro atoms. The van der Waals surface area contributed by atoms with Gasteiger partial charge in [0.15, 0.2) is 0 Å². The zero-order valence-electron chi connectivity index (χ0n) is 12.7. The van der Waals surface area contributed by atoms with E-state index in [0.29, 0.717) is 13.0 Å². The van der Waals surface area contributed by atoms with Crippen molar-refractivity contribution in [2.75, 3.05) is 13.7 Å². The number of esters is 1. The average molecular weight is 271 g/mol. The molecule has 1 aliphatic rings. The van der Waals surface area contributed by atoms with E-state index >= 15 is 0 Å². The van der Waals surface area contributed by atoms with E-state index in [1.807, 2.05) is 34.6 Å². The molecule has 2 atom stereocenters. The molecule has 1 amide bonds. The molecule has 0 bridgehead atoms. The first kappa shape index (κ1) is 15.8. The summed E-state index contributed by atoms with van der Waals surface area (Å²) in [7, 11) is 1.38. The second-order valence-electron chi connectivity index (χ2n) is 6.33. The average Bonchev–Trinajstić information content (AvgIpc) is 2.70. The van der Waals surface area contributed by atoms with Gasteiger partial charge in [-0.3, -0.25) is 4.79 Å². The molecule has 19 heavy (non-hydrogen) atoms. The highest BCUT2D eigenvalue weighted by atomic mass is 16.6. The van der Waals surface area contributed by atoms with Crippen LogP contribution in [0.3, 0.4) is 0 Å². The Morgan fingerprint density at radius 3 is 2.26 bits per heavy atom. The molecule has 1 rings (SSSR count). The molecule has 1 saturated heterocycles. The lowest BCUT2D eigenvalue weighted by atomic mass is 9.91. The summed E-state index contributed by atoms with van der Waals surface area (Å²) in [6.45, 7) is 10.1. The van der Waals surface area contributed by atoms with Crippen LogP contribution in [0.15, 0.2) is 0 Å². The first-order chi connectivity index (χ1) is 8.67. The quantitative estimate of drug-likeness (QED) is 0.724. The van der Waals surface area contributed by atoms with Gasteiger partial charge in [0.1, 0.15) is 5.60 Å². The molecule has 1 fully saturated rings. The van der Waals surface area contributed by atoms with Crippen LogP contribution in [0.2, 0.25) is 0 Å². The third-order valence-corrected chi connectivity index (χ3v) is 3.27. The van der Waals surface area contributed by atoms with Gasteiger partial charge in [-0.2, -0.15) is 0 Å². The van der Waals surface area contributed by atoms with Crippen LogP contribution >= 0.6 is 0 Å². The van der Waals surface area contributed by atoms with E-state index in [-0.39, 0.29) is 29.9 Å². The van der Waals surface area contributed by atoms with Crippen LogP contribution in [-0.4, -0.2) is 42.3 Å². The van der Waals surface area contributed by atoms with E-state index in [9.17, 15) is 9.59 Å². The SMILES string of the molecule is COC(=O)[C@@H]1CCN(C(=O)OC(C)(C)C)[C@H]1C(C)C. The molecule has 0 aromatic rings. The zero-order valence-corrected chi connectivity index (χ0v) is 12.7. The normalized spacial score (nSPS) is 23.6. The van der Waals surface area contributed by atoms with Crippen molar-refractivity contribution in [3.8, 4) is 0 Å². The van der Waals surface area contributed by atoms with Gasteiger partial charge in [-0.25, -0.2) is 4.79 Å². The molecule has 5 nitrogen and oxygen atoms in total. The van der Waals surface area contributed by atoms with E-state index in [0.717, 1.165) is 0 Å². The van der Waals surface area contributed by atoms with Gasteiger partial charge in [0.05, 0.1) is 19.1 Å². The molecule has 0 N–H and O–H groups in total. The first-order valence-corrected chi connectivity index (χ1v) is 6.75. The molecular weight excluding hydrogens is 246 g/mol. The van der Waals surface area contributed by atoms with E-state index in [1.54, 1.807) is 4.90 Å². The smallest absolute Gasteiger partial charge is 0.410 e. The number of rotatable bonds is 2. The highest BCUT2D eigenvalue weighted by Gasteiger charge is 2.44. The van der Waals surface area contributed by atoms with Crippen LogP contribution in [0.4, 0.5) is 4.79 Å². The Morgan fingerprint density at radius 2 is 1.84 bits per heavy atom. The van der Waals surface area contributed by atoms with Crippen molar-refractivity contribution in [3.05, 3.63) is 0 Å². The lowest BCUT2D eigenvalue weighted by Gasteiger charge is -2.32. The van der Waals surface area contributed by atoms with Gasteiger partial charge >= 0.3 is 12.1 Å². The number of hydrogen-bond acceptors (Lipinski definition) is 4. The number of methoxy groups -OCH3 is 1. The number of carbonyl (C=O) groups is 2. The number of carbonyl (C=O) groups excluding carboxylic acids is 2. The Labute approximate surface area is 115 Å². The fourth-order valence-electron chi connectivity index (χ4n) is 2.58. The van der Waals surface area contributed by atoms with Crippen LogP contribution in [0, 0.1) is 11.8 Å². The molecule has 5 heteroatoms. The molecule has 1 aliphatic heterocycles. The fraction of sp³-hybridized carbons (Fsp3) is 0.857. The van der Waals surface area contributed by atoms with Crippen molar-refractivity contribution >= 4 is 12.1 Å². The topological polar surface area (TPSA) is 55.8 Å². The van der Waals surface area contributed by atoms with Gasteiger partial charge < -0.3 is 14.4 Å². The van der Waals surface area contributed by atoms with Gasteiger partial charge in [-0.15, -0.1) is 0 Å². The van der Waals surface area contributed by atoms with E-state index in [2.05, 4.69) is 0 Å². The number of hydrogen-bond donors (Lipinski definition) is 0. The molecule has 0 aromatic heterocycles. The Balaban J connectivity index is 2.84. The standard InChI is InChI=1S/C14H25NO4/c1-9(2)11-10(12(16)18-6)7-8-15(11)13(17)19-14(3,4)5/h9-11H,7-8H2,1-6H3/t10-,11+/m1/s1. The summed E-state index contributed by atoms with van der Waals surface area (Å²) in [5.41, 5.74) is -0.526. The second-order valence-corrected chi connectivity index (χ2v) is 6.33. The van der Waals surface area contributed by atoms with Crippen LogP contribution < -0.4 is 0 Å². The number of ether oxygens (including phenoxy) is 2. The molecule has 1 heterocycles. The van der Waals surface area contributed by atoms with Crippen molar-refractivity contribution in [2.45, 2.75) is 52.7 Å². The van der Waals surface area contributed by atoms with Gasteiger partial charge in [-0.05, 0) is 33.1 Å². The summed E-state index contributed by atoms with van der Waals surface area (Å²) in [4.78, 5) is 25.6. The van der Waals surface area contributed by atoms with E-state index < -0.39 is 5.60 Å². The Morgan fingerprint density at radius 1 is 1.26 bits per heavy atom. The highest BCUT2D eigenvalue weighted by Crippen LogP contribution is 2.31. The minimum Gasteiger partial charge on any atom is -0.469 e. The predicted octanol–water partition coefficient (Wildman–Crippen LogP) is 2.44. The van der Waals surface area contributed by atoms with Crippen molar-refractivity contribution in [2.24, 2.45) is 11.8 Å². The summed E-state index contributed by atoms with van der Waals surface area (Å²) in [5.74, 6) is -0.318. The molecular formula is C14H25NO4. The summed E-state index contributed by atoms with van der Waals surface area (Å²) in [5, 5.41) is 0. The maximum Gasteiger partial charge on any atom is 0.410 e. The van der Waals surface area contributed by atoms with Crippen LogP contribution in [-0.2, 0) is 14.3 Å². The Hall–Kier alpha value is -1.26. The van der Waals surface area contributed by atoms with Crippen LogP contribution in [0.25, 0.3) is 0 Å². The zero-order chi connectivity index (χ0) is 14.8. The van der Waals surface area contributed by atoms with Crippen molar-refractivity contribution < 1.29 is 19.1 Å². The molecule has 0 unspecified atom stereocenters. The van der Waals surface area contributed by atoms with Crippen molar-refractivity contribution in [1.82, 2.24) is 4.90 Å². The van der Waals surface area contributed by atoms with Crippen LogP contribution in [0.1, 0.15) is 41.0 Å². The maximum absolute atomic E-state index is 12.2. The highest BCUT2D eigenvalue weighted by molar-refractivity contribution is 5.76. The Kier molecular flexibility index (Phi) is 4.82. The summed E-state index contributed by atoms with van der Waals surface area (Å²) in [6, 6.07) is -0.151. The van der Waals surface area contributed by atoms with Gasteiger partial charge in [-0.1, -0.05) is 13.8 Å². The number of likely N-dealkylation sites (tertiary alicyclic amines) is 1. The van der Waals surface area contributed by atoms with Gasteiger partial charge in [0, 0.05) is 6.54 Å². The second kappa shape index (κ2) is 5.80. The van der Waals surface area contributed by atoms with Gasteiger partial charge in [0.25, 0.3) is 0 Å². The lowest BCUT2D eigenvalue weighted by molar-refractivity contribution is -0.146. The first-order valence-electron chi connectivity index (χ1n) is 6.75. The molecule has 0 aromatic carbocycles. The minimum absolute atomic E-state index is 0.151. The molecule has 0 radical (unpaired) electrons. The summed E-state index contributed by atoms with van der Waals surface area (Å²) in [6.07, 6.45) is 0.284.